The molecule has 3 heteroatoms. The van der Waals surface area contributed by atoms with Crippen LogP contribution in [0.3, 0.4) is 0 Å². The molecule has 0 aromatic heterocycles. The van der Waals surface area contributed by atoms with Crippen LogP contribution in [0.5, 0.6) is 0 Å². The van der Waals surface area contributed by atoms with Crippen LogP contribution < -0.4 is 0 Å². The number of carboxylic acid groups (broad SMARTS) is 1. The van der Waals surface area contributed by atoms with E-state index in [1.807, 2.05) is 56.3 Å². The average Bonchev–Trinajstić information content (AvgIpc) is 2.41. The zero-order chi connectivity index (χ0) is 14.8. The molecule has 20 heavy (non-hydrogen) atoms. The average molecular weight is 276 g/mol. The predicted molar refractivity (Wildman–Crippen MR) is 80.4 cm³/mol. The minimum Gasteiger partial charge on any atom is -0.481 e. The van der Waals surface area contributed by atoms with Crippen LogP contribution in [0.1, 0.15) is 32.3 Å². The van der Waals surface area contributed by atoms with Crippen LogP contribution in [0.25, 0.3) is 0 Å². The molecule has 1 aromatic carbocycles. The molecule has 1 rings (SSSR count). The molecule has 0 aliphatic carbocycles. The van der Waals surface area contributed by atoms with Crippen molar-refractivity contribution in [2.24, 2.45) is 11.8 Å². The Morgan fingerprint density at radius 1 is 1.25 bits per heavy atom. The molecule has 0 heterocycles. The smallest absolute Gasteiger partial charge is 0.306 e. The third-order valence-corrected chi connectivity index (χ3v) is 3.02. The third kappa shape index (κ3) is 7.10. The van der Waals surface area contributed by atoms with Gasteiger partial charge in [0.15, 0.2) is 0 Å². The summed E-state index contributed by atoms with van der Waals surface area (Å²) in [6.07, 6.45) is 5.10. The van der Waals surface area contributed by atoms with Gasteiger partial charge in [-0.2, -0.15) is 0 Å². The van der Waals surface area contributed by atoms with Crippen molar-refractivity contribution in [2.45, 2.75) is 33.3 Å². The minimum atomic E-state index is -0.714. The highest BCUT2D eigenvalue weighted by Crippen LogP contribution is 2.16. The van der Waals surface area contributed by atoms with Crippen LogP contribution in [0.15, 0.2) is 42.5 Å². The van der Waals surface area contributed by atoms with Crippen LogP contribution in [-0.2, 0) is 16.1 Å². The fraction of sp³-hybridized carbons (Fsp3) is 0.471. The lowest BCUT2D eigenvalue weighted by Gasteiger charge is -2.12. The molecule has 0 aliphatic heterocycles. The third-order valence-electron chi connectivity index (χ3n) is 3.02. The number of ether oxygens (including phenoxy) is 1. The summed E-state index contributed by atoms with van der Waals surface area (Å²) >= 11 is 0. The Bertz CT molecular complexity index is 410. The first-order chi connectivity index (χ1) is 9.59. The first-order valence-corrected chi connectivity index (χ1v) is 7.09. The van der Waals surface area contributed by atoms with Gasteiger partial charge < -0.3 is 9.84 Å². The number of benzene rings is 1. The lowest BCUT2D eigenvalue weighted by molar-refractivity contribution is -0.142. The van der Waals surface area contributed by atoms with E-state index in [0.29, 0.717) is 32.0 Å². The van der Waals surface area contributed by atoms with Gasteiger partial charge in [0.05, 0.1) is 19.1 Å². The highest BCUT2D eigenvalue weighted by Gasteiger charge is 2.16. The molecule has 0 fully saturated rings. The molecule has 0 aliphatic rings. The zero-order valence-corrected chi connectivity index (χ0v) is 12.3. The Hall–Kier alpha value is -1.61. The topological polar surface area (TPSA) is 46.5 Å². The molecule has 3 nitrogen and oxygen atoms in total. The molecule has 0 spiro atoms. The Kier molecular flexibility index (Phi) is 7.66. The monoisotopic (exact) mass is 276 g/mol. The SMILES string of the molecule is CC(C)C[C@H](C/C=C/COCc1ccccc1)C(=O)O. The van der Waals surface area contributed by atoms with E-state index >= 15 is 0 Å². The van der Waals surface area contributed by atoms with E-state index in [0.717, 1.165) is 5.56 Å². The number of carbonyl (C=O) groups is 1. The lowest BCUT2D eigenvalue weighted by Crippen LogP contribution is -2.15. The largest absolute Gasteiger partial charge is 0.481 e. The molecule has 0 unspecified atom stereocenters. The zero-order valence-electron chi connectivity index (χ0n) is 12.3. The summed E-state index contributed by atoms with van der Waals surface area (Å²) in [6, 6.07) is 9.99. The van der Waals surface area contributed by atoms with Crippen molar-refractivity contribution < 1.29 is 14.6 Å². The quantitative estimate of drug-likeness (QED) is 0.549. The fourth-order valence-electron chi connectivity index (χ4n) is 2.01. The van der Waals surface area contributed by atoms with Gasteiger partial charge in [-0.25, -0.2) is 0 Å². The highest BCUT2D eigenvalue weighted by molar-refractivity contribution is 5.70. The fourth-order valence-corrected chi connectivity index (χ4v) is 2.01. The molecule has 0 saturated carbocycles. The molecule has 0 bridgehead atoms. The molecule has 0 saturated heterocycles. The summed E-state index contributed by atoms with van der Waals surface area (Å²) in [6.45, 7) is 5.19. The summed E-state index contributed by atoms with van der Waals surface area (Å²) in [5.74, 6) is -0.604. The maximum absolute atomic E-state index is 11.1. The Morgan fingerprint density at radius 3 is 2.55 bits per heavy atom. The van der Waals surface area contributed by atoms with Gasteiger partial charge in [-0.15, -0.1) is 0 Å². The van der Waals surface area contributed by atoms with Gasteiger partial charge in [0.25, 0.3) is 0 Å². The Labute approximate surface area is 121 Å². The second-order valence-corrected chi connectivity index (χ2v) is 5.37. The van der Waals surface area contributed by atoms with E-state index in [4.69, 9.17) is 9.84 Å². The minimum absolute atomic E-state index is 0.291. The van der Waals surface area contributed by atoms with Gasteiger partial charge >= 0.3 is 5.97 Å². The van der Waals surface area contributed by atoms with Gasteiger partial charge in [-0.3, -0.25) is 4.79 Å². The van der Waals surface area contributed by atoms with Gasteiger partial charge in [0.2, 0.25) is 0 Å². The first-order valence-electron chi connectivity index (χ1n) is 7.09. The highest BCUT2D eigenvalue weighted by atomic mass is 16.5. The van der Waals surface area contributed by atoms with Gasteiger partial charge in [0, 0.05) is 0 Å². The summed E-state index contributed by atoms with van der Waals surface area (Å²) < 4.78 is 5.51. The van der Waals surface area contributed by atoms with Crippen LogP contribution in [0, 0.1) is 11.8 Å². The lowest BCUT2D eigenvalue weighted by atomic mass is 9.94. The number of allylic oxidation sites excluding steroid dienone is 1. The molecular weight excluding hydrogens is 252 g/mol. The Balaban J connectivity index is 2.22. The van der Waals surface area contributed by atoms with E-state index in [9.17, 15) is 4.79 Å². The molecule has 0 radical (unpaired) electrons. The van der Waals surface area contributed by atoms with Crippen molar-refractivity contribution in [3.8, 4) is 0 Å². The molecule has 1 N–H and O–H groups in total. The summed E-state index contributed by atoms with van der Waals surface area (Å²) in [4.78, 5) is 11.1. The first kappa shape index (κ1) is 16.4. The standard InChI is InChI=1S/C17H24O3/c1-14(2)12-16(17(18)19)10-6-7-11-20-13-15-8-4-3-5-9-15/h3-9,14,16H,10-13H2,1-2H3,(H,18,19)/b7-6+/t16-/m0/s1. The van der Waals surface area contributed by atoms with Crippen LogP contribution >= 0.6 is 0 Å². The maximum Gasteiger partial charge on any atom is 0.306 e. The van der Waals surface area contributed by atoms with Crippen LogP contribution in [0.4, 0.5) is 0 Å². The normalized spacial score (nSPS) is 12.9. The van der Waals surface area contributed by atoms with Crippen molar-refractivity contribution in [3.05, 3.63) is 48.0 Å². The number of rotatable bonds is 9. The van der Waals surface area contributed by atoms with E-state index in [2.05, 4.69) is 0 Å². The van der Waals surface area contributed by atoms with Crippen molar-refractivity contribution in [3.63, 3.8) is 0 Å². The van der Waals surface area contributed by atoms with E-state index in [1.54, 1.807) is 0 Å². The van der Waals surface area contributed by atoms with Crippen molar-refractivity contribution in [1.29, 1.82) is 0 Å². The van der Waals surface area contributed by atoms with Crippen LogP contribution in [-0.4, -0.2) is 17.7 Å². The molecular formula is C17H24O3. The van der Waals surface area contributed by atoms with Gasteiger partial charge in [-0.1, -0.05) is 56.3 Å². The summed E-state index contributed by atoms with van der Waals surface area (Å²) in [7, 11) is 0. The molecule has 0 amide bonds. The number of hydrogen-bond acceptors (Lipinski definition) is 2. The number of hydrogen-bond donors (Lipinski definition) is 1. The number of aliphatic carboxylic acids is 1. The van der Waals surface area contributed by atoms with Crippen molar-refractivity contribution >= 4 is 5.97 Å². The van der Waals surface area contributed by atoms with Crippen molar-refractivity contribution in [2.75, 3.05) is 6.61 Å². The van der Waals surface area contributed by atoms with E-state index < -0.39 is 5.97 Å². The van der Waals surface area contributed by atoms with Gasteiger partial charge in [-0.05, 0) is 24.3 Å². The van der Waals surface area contributed by atoms with Crippen LogP contribution in [0.2, 0.25) is 0 Å². The van der Waals surface area contributed by atoms with E-state index in [-0.39, 0.29) is 5.92 Å². The summed E-state index contributed by atoms with van der Waals surface area (Å²) in [5.41, 5.74) is 1.14. The number of carboxylic acids is 1. The molecule has 1 aromatic rings. The Morgan fingerprint density at radius 2 is 1.95 bits per heavy atom. The van der Waals surface area contributed by atoms with E-state index in [1.165, 1.54) is 0 Å². The maximum atomic E-state index is 11.1. The molecule has 1 atom stereocenters. The second kappa shape index (κ2) is 9.32. The van der Waals surface area contributed by atoms with Crippen molar-refractivity contribution in [1.82, 2.24) is 0 Å². The van der Waals surface area contributed by atoms with Gasteiger partial charge in [0.1, 0.15) is 0 Å². The second-order valence-electron chi connectivity index (χ2n) is 5.37. The molecule has 110 valence electrons. The summed E-state index contributed by atoms with van der Waals surface area (Å²) in [5, 5.41) is 9.11. The predicted octanol–water partition coefficient (Wildman–Crippen LogP) is 3.90.